The summed E-state index contributed by atoms with van der Waals surface area (Å²) in [6, 6.07) is 20.0. The van der Waals surface area contributed by atoms with Crippen molar-refractivity contribution in [2.75, 3.05) is 17.2 Å². The maximum atomic E-state index is 13.8. The van der Waals surface area contributed by atoms with Crippen LogP contribution in [0.5, 0.6) is 5.75 Å². The van der Waals surface area contributed by atoms with Gasteiger partial charge in [-0.3, -0.25) is 9.59 Å². The number of carbonyl (C=O) groups excluding carboxylic acids is 2. The minimum absolute atomic E-state index is 0.0553. The molecule has 0 aliphatic heterocycles. The minimum Gasteiger partial charge on any atom is -0.483 e. The predicted molar refractivity (Wildman–Crippen MR) is 126 cm³/mol. The van der Waals surface area contributed by atoms with E-state index in [9.17, 15) is 14.0 Å². The van der Waals surface area contributed by atoms with Crippen molar-refractivity contribution in [1.29, 1.82) is 0 Å². The van der Waals surface area contributed by atoms with Gasteiger partial charge in [0.2, 0.25) is 0 Å². The Balaban J connectivity index is 1.26. The second kappa shape index (κ2) is 9.72. The quantitative estimate of drug-likeness (QED) is 0.400. The lowest BCUT2D eigenvalue weighted by molar-refractivity contribution is -0.118. The van der Waals surface area contributed by atoms with E-state index in [1.807, 2.05) is 12.1 Å². The number of ether oxygens (including phenoxy) is 1. The summed E-state index contributed by atoms with van der Waals surface area (Å²) >= 11 is 0. The molecule has 1 fully saturated rings. The Morgan fingerprint density at radius 1 is 1.00 bits per heavy atom. The third kappa shape index (κ3) is 5.16. The molecular weight excluding hydrogens is 451 g/mol. The summed E-state index contributed by atoms with van der Waals surface area (Å²) in [4.78, 5) is 25.2. The number of hydrogen-bond donors (Lipinski definition) is 2. The number of nitrogens with one attached hydrogen (secondary N) is 2. The van der Waals surface area contributed by atoms with Crippen LogP contribution in [0.2, 0.25) is 0 Å². The SMILES string of the molecule is O=C(COc1ccccc1C(=O)Nc1cccc(-c2nnnn2C2CC2)c1)Nc1ccccc1F. The van der Waals surface area contributed by atoms with Gasteiger partial charge in [0.25, 0.3) is 11.8 Å². The zero-order chi connectivity index (χ0) is 24.2. The third-order valence-electron chi connectivity index (χ3n) is 5.40. The molecule has 0 unspecified atom stereocenters. The number of nitrogens with zero attached hydrogens (tertiary/aromatic N) is 4. The van der Waals surface area contributed by atoms with E-state index in [1.54, 1.807) is 47.1 Å². The summed E-state index contributed by atoms with van der Waals surface area (Å²) in [5.41, 5.74) is 1.65. The number of tetrazole rings is 1. The molecule has 1 aliphatic rings. The van der Waals surface area contributed by atoms with Crippen LogP contribution in [0.25, 0.3) is 11.4 Å². The second-order valence-corrected chi connectivity index (χ2v) is 8.03. The van der Waals surface area contributed by atoms with Crippen LogP contribution in [0, 0.1) is 5.82 Å². The van der Waals surface area contributed by atoms with Gasteiger partial charge in [0.05, 0.1) is 17.3 Å². The molecule has 0 atom stereocenters. The highest BCUT2D eigenvalue weighted by Crippen LogP contribution is 2.36. The summed E-state index contributed by atoms with van der Waals surface area (Å²) in [7, 11) is 0. The standard InChI is InChI=1S/C25H21FN6O3/c26-20-9-2-3-10-21(20)28-23(33)15-35-22-11-4-1-8-19(22)25(34)27-17-7-5-6-16(14-17)24-29-30-31-32(24)18-12-13-18/h1-11,14,18H,12-13,15H2,(H,27,34)(H,28,33). The number of aromatic nitrogens is 4. The molecule has 1 saturated carbocycles. The van der Waals surface area contributed by atoms with E-state index in [0.717, 1.165) is 18.4 Å². The smallest absolute Gasteiger partial charge is 0.262 e. The Kier molecular flexibility index (Phi) is 6.16. The van der Waals surface area contributed by atoms with Crippen LogP contribution in [0.4, 0.5) is 15.8 Å². The van der Waals surface area contributed by atoms with E-state index in [4.69, 9.17) is 4.74 Å². The van der Waals surface area contributed by atoms with Crippen LogP contribution in [0.1, 0.15) is 29.2 Å². The molecule has 10 heteroatoms. The Morgan fingerprint density at radius 3 is 2.63 bits per heavy atom. The molecule has 3 aromatic carbocycles. The van der Waals surface area contributed by atoms with E-state index < -0.39 is 24.2 Å². The van der Waals surface area contributed by atoms with Gasteiger partial charge in [-0.25, -0.2) is 9.07 Å². The van der Waals surface area contributed by atoms with Crippen molar-refractivity contribution in [3.05, 3.63) is 84.2 Å². The fraction of sp³-hybridized carbons (Fsp3) is 0.160. The summed E-state index contributed by atoms with van der Waals surface area (Å²) in [5, 5.41) is 17.3. The normalized spacial score (nSPS) is 12.7. The number of rotatable bonds is 8. The Bertz CT molecular complexity index is 1380. The lowest BCUT2D eigenvalue weighted by Crippen LogP contribution is -2.22. The summed E-state index contributed by atoms with van der Waals surface area (Å²) < 4.78 is 21.1. The summed E-state index contributed by atoms with van der Waals surface area (Å²) in [6.07, 6.45) is 2.09. The van der Waals surface area contributed by atoms with E-state index in [0.29, 0.717) is 17.6 Å². The minimum atomic E-state index is -0.550. The van der Waals surface area contributed by atoms with Crippen molar-refractivity contribution < 1.29 is 18.7 Å². The monoisotopic (exact) mass is 472 g/mol. The molecular formula is C25H21FN6O3. The molecule has 5 rings (SSSR count). The van der Waals surface area contributed by atoms with Crippen molar-refractivity contribution in [3.8, 4) is 17.1 Å². The third-order valence-corrected chi connectivity index (χ3v) is 5.40. The average Bonchev–Trinajstić information content (AvgIpc) is 3.60. The van der Waals surface area contributed by atoms with Crippen LogP contribution in [-0.4, -0.2) is 38.6 Å². The van der Waals surface area contributed by atoms with Gasteiger partial charge in [-0.1, -0.05) is 36.4 Å². The van der Waals surface area contributed by atoms with Gasteiger partial charge in [0, 0.05) is 11.3 Å². The first-order valence-corrected chi connectivity index (χ1v) is 11.0. The maximum absolute atomic E-state index is 13.8. The first-order chi connectivity index (χ1) is 17.1. The van der Waals surface area contributed by atoms with E-state index >= 15 is 0 Å². The Labute approximate surface area is 199 Å². The van der Waals surface area contributed by atoms with Crippen LogP contribution in [-0.2, 0) is 4.79 Å². The number of amides is 2. The van der Waals surface area contributed by atoms with Gasteiger partial charge < -0.3 is 15.4 Å². The molecule has 4 aromatic rings. The lowest BCUT2D eigenvalue weighted by Gasteiger charge is -2.12. The molecule has 1 heterocycles. The van der Waals surface area contributed by atoms with Crippen LogP contribution in [0.15, 0.2) is 72.8 Å². The molecule has 0 bridgehead atoms. The van der Waals surface area contributed by atoms with Gasteiger partial charge in [-0.2, -0.15) is 0 Å². The number of hydrogen-bond acceptors (Lipinski definition) is 6. The largest absolute Gasteiger partial charge is 0.483 e. The zero-order valence-corrected chi connectivity index (χ0v) is 18.5. The van der Waals surface area contributed by atoms with Gasteiger partial charge in [0.1, 0.15) is 11.6 Å². The lowest BCUT2D eigenvalue weighted by atomic mass is 10.1. The first kappa shape index (κ1) is 22.2. The molecule has 0 spiro atoms. The summed E-state index contributed by atoms with van der Waals surface area (Å²) in [6.45, 7) is -0.391. The maximum Gasteiger partial charge on any atom is 0.262 e. The van der Waals surface area contributed by atoms with Gasteiger partial charge >= 0.3 is 0 Å². The van der Waals surface area contributed by atoms with Crippen molar-refractivity contribution in [1.82, 2.24) is 20.2 Å². The van der Waals surface area contributed by atoms with Crippen molar-refractivity contribution >= 4 is 23.2 Å². The number of benzene rings is 3. The first-order valence-electron chi connectivity index (χ1n) is 11.0. The predicted octanol–water partition coefficient (Wildman–Crippen LogP) is 4.08. The number of para-hydroxylation sites is 2. The Hall–Kier alpha value is -4.60. The second-order valence-electron chi connectivity index (χ2n) is 8.03. The van der Waals surface area contributed by atoms with Gasteiger partial charge in [0.15, 0.2) is 12.4 Å². The number of halogens is 1. The van der Waals surface area contributed by atoms with Gasteiger partial charge in [-0.15, -0.1) is 5.10 Å². The number of carbonyl (C=O) groups is 2. The highest BCUT2D eigenvalue weighted by Gasteiger charge is 2.28. The average molecular weight is 472 g/mol. The van der Waals surface area contributed by atoms with Crippen LogP contribution >= 0.6 is 0 Å². The molecule has 1 aromatic heterocycles. The Morgan fingerprint density at radius 2 is 1.80 bits per heavy atom. The topological polar surface area (TPSA) is 111 Å². The van der Waals surface area contributed by atoms with Crippen LogP contribution in [0.3, 0.4) is 0 Å². The fourth-order valence-corrected chi connectivity index (χ4v) is 3.56. The molecule has 35 heavy (non-hydrogen) atoms. The molecule has 2 N–H and O–H groups in total. The highest BCUT2D eigenvalue weighted by molar-refractivity contribution is 6.06. The van der Waals surface area contributed by atoms with Crippen molar-refractivity contribution in [2.45, 2.75) is 18.9 Å². The van der Waals surface area contributed by atoms with Gasteiger partial charge in [-0.05, 0) is 59.7 Å². The molecule has 0 radical (unpaired) electrons. The van der Waals surface area contributed by atoms with Crippen molar-refractivity contribution in [2.24, 2.45) is 0 Å². The van der Waals surface area contributed by atoms with E-state index in [1.165, 1.54) is 18.2 Å². The molecule has 1 aliphatic carbocycles. The molecule has 176 valence electrons. The summed E-state index contributed by atoms with van der Waals surface area (Å²) in [5.74, 6) is -0.634. The zero-order valence-electron chi connectivity index (χ0n) is 18.5. The van der Waals surface area contributed by atoms with Crippen molar-refractivity contribution in [3.63, 3.8) is 0 Å². The molecule has 2 amide bonds. The number of anilines is 2. The van der Waals surface area contributed by atoms with E-state index in [-0.39, 0.29) is 17.0 Å². The molecule has 9 nitrogen and oxygen atoms in total. The van der Waals surface area contributed by atoms with E-state index in [2.05, 4.69) is 26.2 Å². The highest BCUT2D eigenvalue weighted by atomic mass is 19.1. The fourth-order valence-electron chi connectivity index (χ4n) is 3.56. The van der Waals surface area contributed by atoms with Crippen LogP contribution < -0.4 is 15.4 Å². The molecule has 0 saturated heterocycles.